The number of benzene rings is 1. The summed E-state index contributed by atoms with van der Waals surface area (Å²) in [6.45, 7) is 3.52. The van der Waals surface area contributed by atoms with E-state index < -0.39 is 5.91 Å². The normalized spacial score (nSPS) is 20.7. The fourth-order valence-corrected chi connectivity index (χ4v) is 5.37. The molecular formula is C28H37ClN8O5. The van der Waals surface area contributed by atoms with E-state index in [4.69, 9.17) is 37.3 Å². The third kappa shape index (κ3) is 7.58. The summed E-state index contributed by atoms with van der Waals surface area (Å²) in [7, 11) is 0. The molecule has 0 radical (unpaired) electrons. The molecule has 5 rings (SSSR count). The third-order valence-electron chi connectivity index (χ3n) is 7.72. The molecule has 3 aliphatic rings. The zero-order valence-corrected chi connectivity index (χ0v) is 24.2. The first-order valence-corrected chi connectivity index (χ1v) is 14.6. The summed E-state index contributed by atoms with van der Waals surface area (Å²) >= 11 is 5.88. The first-order chi connectivity index (χ1) is 20.3. The van der Waals surface area contributed by atoms with Crippen LogP contribution >= 0.6 is 11.6 Å². The molecule has 1 unspecified atom stereocenters. The van der Waals surface area contributed by atoms with Gasteiger partial charge in [0.2, 0.25) is 5.91 Å². The number of amides is 2. The SMILES string of the molecule is Nc1nc(N)c(C(=O)/N=C2\NCC3(CCN(C(=O)CCc4ccc(OCCOC5CCCCO5)cc4)CC3)N2)nc1Cl. The van der Waals surface area contributed by atoms with E-state index in [-0.39, 0.29) is 40.2 Å². The number of carbonyl (C=O) groups excluding carboxylic acids is 2. The maximum atomic E-state index is 12.9. The average Bonchev–Trinajstić information content (AvgIpc) is 3.38. The van der Waals surface area contributed by atoms with Crippen molar-refractivity contribution < 1.29 is 23.8 Å². The Labute approximate surface area is 249 Å². The maximum absolute atomic E-state index is 12.9. The number of nitrogens with one attached hydrogen (secondary N) is 2. The van der Waals surface area contributed by atoms with Crippen molar-refractivity contribution in [2.45, 2.75) is 56.8 Å². The molecule has 2 aromatic rings. The predicted octanol–water partition coefficient (Wildman–Crippen LogP) is 1.90. The number of likely N-dealkylation sites (tertiary alicyclic amines) is 1. The molecule has 3 saturated heterocycles. The van der Waals surface area contributed by atoms with Gasteiger partial charge in [-0.15, -0.1) is 0 Å². The second kappa shape index (κ2) is 13.5. The molecule has 3 aliphatic heterocycles. The largest absolute Gasteiger partial charge is 0.491 e. The number of aryl methyl sites for hydroxylation is 1. The van der Waals surface area contributed by atoms with Crippen LogP contribution in [0.4, 0.5) is 11.6 Å². The number of hydrogen-bond acceptors (Lipinski definition) is 9. The Balaban J connectivity index is 1.02. The zero-order chi connectivity index (χ0) is 29.5. The van der Waals surface area contributed by atoms with Gasteiger partial charge in [-0.1, -0.05) is 23.7 Å². The lowest BCUT2D eigenvalue weighted by molar-refractivity contribution is -0.165. The number of halogens is 1. The highest BCUT2D eigenvalue weighted by Gasteiger charge is 2.40. The number of ether oxygens (including phenoxy) is 3. The van der Waals surface area contributed by atoms with Gasteiger partial charge in [0.05, 0.1) is 12.1 Å². The highest BCUT2D eigenvalue weighted by atomic mass is 35.5. The minimum absolute atomic E-state index is 0.0545. The van der Waals surface area contributed by atoms with Crippen molar-refractivity contribution in [1.82, 2.24) is 25.5 Å². The number of carbonyl (C=O) groups is 2. The fraction of sp³-hybridized carbons (Fsp3) is 0.536. The summed E-state index contributed by atoms with van der Waals surface area (Å²) in [6.07, 6.45) is 5.59. The quantitative estimate of drug-likeness (QED) is 0.309. The maximum Gasteiger partial charge on any atom is 0.302 e. The summed E-state index contributed by atoms with van der Waals surface area (Å²) in [4.78, 5) is 39.2. The van der Waals surface area contributed by atoms with Crippen LogP contribution in [0.2, 0.25) is 5.15 Å². The fourth-order valence-electron chi connectivity index (χ4n) is 5.24. The smallest absolute Gasteiger partial charge is 0.302 e. The van der Waals surface area contributed by atoms with Gasteiger partial charge in [0.15, 0.2) is 34.7 Å². The first-order valence-electron chi connectivity index (χ1n) is 14.3. The van der Waals surface area contributed by atoms with Crippen LogP contribution < -0.4 is 26.8 Å². The van der Waals surface area contributed by atoms with Gasteiger partial charge in [0.1, 0.15) is 12.4 Å². The van der Waals surface area contributed by atoms with Crippen LogP contribution in [0.3, 0.4) is 0 Å². The topological polar surface area (TPSA) is 179 Å². The summed E-state index contributed by atoms with van der Waals surface area (Å²) in [5.74, 6) is 0.348. The number of anilines is 2. The molecule has 0 bridgehead atoms. The number of aliphatic imine (C=N–C) groups is 1. The van der Waals surface area contributed by atoms with E-state index in [1.165, 1.54) is 0 Å². The van der Waals surface area contributed by atoms with Crippen molar-refractivity contribution >= 4 is 41.0 Å². The summed E-state index contributed by atoms with van der Waals surface area (Å²) in [5.41, 5.74) is 12.0. The standard InChI is InChI=1S/C28H37ClN8O5/c29-23-25(31)34-24(30)22(33-23)26(39)35-27-32-17-28(36-27)10-12-37(13-11-28)20(38)9-6-18-4-7-19(8-5-18)40-15-16-42-21-3-1-2-14-41-21/h4-5,7-8,21H,1-3,6,9-17H2,(H4,30,31,34)(H2,32,35,36,39). The number of nitrogens with zero attached hydrogens (tertiary/aromatic N) is 4. The average molecular weight is 601 g/mol. The highest BCUT2D eigenvalue weighted by molar-refractivity contribution is 6.31. The molecule has 4 heterocycles. The van der Waals surface area contributed by atoms with Gasteiger partial charge in [-0.2, -0.15) is 4.99 Å². The lowest BCUT2D eigenvalue weighted by atomic mass is 9.88. The molecule has 1 atom stereocenters. The van der Waals surface area contributed by atoms with E-state index in [0.29, 0.717) is 51.6 Å². The van der Waals surface area contributed by atoms with E-state index in [2.05, 4.69) is 25.6 Å². The predicted molar refractivity (Wildman–Crippen MR) is 157 cm³/mol. The lowest BCUT2D eigenvalue weighted by Crippen LogP contribution is -2.53. The van der Waals surface area contributed by atoms with Gasteiger partial charge in [0, 0.05) is 32.7 Å². The molecule has 226 valence electrons. The molecule has 2 amide bonds. The minimum Gasteiger partial charge on any atom is -0.491 e. The van der Waals surface area contributed by atoms with Crippen molar-refractivity contribution in [1.29, 1.82) is 0 Å². The van der Waals surface area contributed by atoms with Crippen LogP contribution in [0, 0.1) is 0 Å². The van der Waals surface area contributed by atoms with Crippen molar-refractivity contribution in [3.05, 3.63) is 40.7 Å². The Morgan fingerprint density at radius 2 is 1.90 bits per heavy atom. The highest BCUT2D eigenvalue weighted by Crippen LogP contribution is 2.26. The van der Waals surface area contributed by atoms with Gasteiger partial charge < -0.3 is 41.2 Å². The van der Waals surface area contributed by atoms with E-state index >= 15 is 0 Å². The second-order valence-corrected chi connectivity index (χ2v) is 11.1. The van der Waals surface area contributed by atoms with Crippen molar-refractivity contribution in [2.24, 2.45) is 4.99 Å². The van der Waals surface area contributed by atoms with E-state index in [1.54, 1.807) is 0 Å². The van der Waals surface area contributed by atoms with Gasteiger partial charge in [-0.05, 0) is 56.2 Å². The monoisotopic (exact) mass is 600 g/mol. The first kappa shape index (κ1) is 29.8. The molecule has 1 spiro atoms. The van der Waals surface area contributed by atoms with E-state index in [1.807, 2.05) is 29.2 Å². The van der Waals surface area contributed by atoms with Gasteiger partial charge >= 0.3 is 5.91 Å². The van der Waals surface area contributed by atoms with Gasteiger partial charge in [-0.25, -0.2) is 9.97 Å². The molecule has 0 saturated carbocycles. The Bertz CT molecular complexity index is 1290. The Morgan fingerprint density at radius 3 is 2.64 bits per heavy atom. The van der Waals surface area contributed by atoms with Crippen LogP contribution in [-0.4, -0.2) is 83.9 Å². The molecule has 13 nitrogen and oxygen atoms in total. The molecule has 42 heavy (non-hydrogen) atoms. The Hall–Kier alpha value is -3.68. The van der Waals surface area contributed by atoms with Crippen molar-refractivity contribution in [3.8, 4) is 5.75 Å². The lowest BCUT2D eigenvalue weighted by Gasteiger charge is -2.38. The van der Waals surface area contributed by atoms with Crippen LogP contribution in [0.25, 0.3) is 0 Å². The second-order valence-electron chi connectivity index (χ2n) is 10.7. The van der Waals surface area contributed by atoms with Crippen LogP contribution in [-0.2, 0) is 20.7 Å². The third-order valence-corrected chi connectivity index (χ3v) is 7.99. The summed E-state index contributed by atoms with van der Waals surface area (Å²) in [6, 6.07) is 7.83. The van der Waals surface area contributed by atoms with Gasteiger partial charge in [0.25, 0.3) is 0 Å². The molecule has 6 N–H and O–H groups in total. The van der Waals surface area contributed by atoms with Crippen molar-refractivity contribution in [2.75, 3.05) is 50.9 Å². The number of guanidine groups is 1. The van der Waals surface area contributed by atoms with E-state index in [9.17, 15) is 9.59 Å². The molecule has 0 aliphatic carbocycles. The number of piperidine rings is 1. The molecule has 1 aromatic heterocycles. The summed E-state index contributed by atoms with van der Waals surface area (Å²) in [5, 5.41) is 6.34. The molecule has 3 fully saturated rings. The minimum atomic E-state index is -0.681. The van der Waals surface area contributed by atoms with Crippen LogP contribution in [0.15, 0.2) is 29.3 Å². The number of nitrogens with two attached hydrogens (primary N) is 2. The Kier molecular flexibility index (Phi) is 9.60. The molecular weight excluding hydrogens is 564 g/mol. The van der Waals surface area contributed by atoms with Gasteiger partial charge in [-0.3, -0.25) is 9.59 Å². The number of aromatic nitrogens is 2. The number of rotatable bonds is 9. The van der Waals surface area contributed by atoms with E-state index in [0.717, 1.165) is 50.0 Å². The zero-order valence-electron chi connectivity index (χ0n) is 23.4. The number of nitrogen functional groups attached to an aromatic ring is 2. The van der Waals surface area contributed by atoms with Crippen LogP contribution in [0.1, 0.15) is 54.6 Å². The number of hydrogen-bond donors (Lipinski definition) is 4. The van der Waals surface area contributed by atoms with Crippen molar-refractivity contribution in [3.63, 3.8) is 0 Å². The summed E-state index contributed by atoms with van der Waals surface area (Å²) < 4.78 is 17.0. The Morgan fingerprint density at radius 1 is 1.12 bits per heavy atom. The van der Waals surface area contributed by atoms with Crippen LogP contribution in [0.5, 0.6) is 5.75 Å². The molecule has 1 aromatic carbocycles. The molecule has 14 heteroatoms.